The Kier molecular flexibility index (Phi) is 5.62. The predicted octanol–water partition coefficient (Wildman–Crippen LogP) is 3.75. The summed E-state index contributed by atoms with van der Waals surface area (Å²) < 4.78 is 19.2. The number of morpholine rings is 1. The average Bonchev–Trinajstić information content (AvgIpc) is 2.61. The van der Waals surface area contributed by atoms with Crippen LogP contribution < -0.4 is 4.90 Å². The van der Waals surface area contributed by atoms with Crippen molar-refractivity contribution in [3.05, 3.63) is 39.8 Å². The monoisotopic (exact) mass is 385 g/mol. The van der Waals surface area contributed by atoms with Crippen molar-refractivity contribution in [2.75, 3.05) is 31.2 Å². The van der Waals surface area contributed by atoms with Crippen molar-refractivity contribution in [2.45, 2.75) is 6.54 Å². The minimum Gasteiger partial charge on any atom is -0.506 e. The van der Waals surface area contributed by atoms with E-state index in [4.69, 9.17) is 27.9 Å². The Labute approximate surface area is 153 Å². The molecule has 0 unspecified atom stereocenters. The molecule has 132 valence electrons. The molecule has 1 aliphatic heterocycles. The number of phenols is 1. The molecular formula is C15H14Cl2FN5O2. The molecule has 1 aromatic heterocycles. The number of hydrogen-bond acceptors (Lipinski definition) is 7. The third-order valence-corrected chi connectivity index (χ3v) is 4.04. The summed E-state index contributed by atoms with van der Waals surface area (Å²) in [6, 6.07) is 2.96. The Morgan fingerprint density at radius 1 is 1.28 bits per heavy atom. The molecule has 7 nitrogen and oxygen atoms in total. The SMILES string of the molecule is Oc1c(Cl)cc(Cl)cc1CN=Nc1ncc(F)c(N2CCOCC2)n1. The molecule has 1 aromatic carbocycles. The van der Waals surface area contributed by atoms with E-state index >= 15 is 0 Å². The summed E-state index contributed by atoms with van der Waals surface area (Å²) in [5, 5.41) is 18.2. The number of aromatic hydroxyl groups is 1. The second-order valence-electron chi connectivity index (χ2n) is 5.24. The molecule has 1 aliphatic rings. The highest BCUT2D eigenvalue weighted by Gasteiger charge is 2.17. The third-order valence-electron chi connectivity index (χ3n) is 3.53. The van der Waals surface area contributed by atoms with E-state index < -0.39 is 5.82 Å². The number of azo groups is 1. The van der Waals surface area contributed by atoms with Crippen molar-refractivity contribution in [1.29, 1.82) is 0 Å². The minimum atomic E-state index is -0.528. The Morgan fingerprint density at radius 2 is 2.04 bits per heavy atom. The third kappa shape index (κ3) is 4.33. The molecular weight excluding hydrogens is 372 g/mol. The summed E-state index contributed by atoms with van der Waals surface area (Å²) >= 11 is 11.7. The van der Waals surface area contributed by atoms with Crippen LogP contribution in [0.3, 0.4) is 0 Å². The molecule has 2 heterocycles. The van der Waals surface area contributed by atoms with Crippen molar-refractivity contribution in [2.24, 2.45) is 10.2 Å². The fourth-order valence-corrected chi connectivity index (χ4v) is 2.84. The molecule has 0 bridgehead atoms. The van der Waals surface area contributed by atoms with Gasteiger partial charge in [-0.05, 0) is 12.1 Å². The van der Waals surface area contributed by atoms with Crippen LogP contribution in [-0.2, 0) is 11.3 Å². The van der Waals surface area contributed by atoms with E-state index in [1.807, 2.05) is 0 Å². The molecule has 1 saturated heterocycles. The number of rotatable bonds is 4. The smallest absolute Gasteiger partial charge is 0.270 e. The molecule has 2 aromatic rings. The van der Waals surface area contributed by atoms with Gasteiger partial charge in [0.1, 0.15) is 5.75 Å². The first-order valence-corrected chi connectivity index (χ1v) is 8.20. The van der Waals surface area contributed by atoms with E-state index in [0.717, 1.165) is 6.20 Å². The van der Waals surface area contributed by atoms with Crippen LogP contribution in [-0.4, -0.2) is 41.4 Å². The van der Waals surface area contributed by atoms with Crippen LogP contribution in [0.4, 0.5) is 16.2 Å². The largest absolute Gasteiger partial charge is 0.506 e. The normalized spacial score (nSPS) is 15.1. The van der Waals surface area contributed by atoms with E-state index in [2.05, 4.69) is 20.2 Å². The van der Waals surface area contributed by atoms with Crippen LogP contribution in [0.25, 0.3) is 0 Å². The van der Waals surface area contributed by atoms with Crippen molar-refractivity contribution >= 4 is 35.0 Å². The van der Waals surface area contributed by atoms with Gasteiger partial charge >= 0.3 is 0 Å². The quantitative estimate of drug-likeness (QED) is 0.810. The van der Waals surface area contributed by atoms with E-state index in [0.29, 0.717) is 36.9 Å². The molecule has 3 rings (SSSR count). The minimum absolute atomic E-state index is 0.0236. The maximum atomic E-state index is 13.9. The molecule has 1 N–H and O–H groups in total. The number of aromatic nitrogens is 2. The zero-order chi connectivity index (χ0) is 17.8. The summed E-state index contributed by atoms with van der Waals surface area (Å²) in [4.78, 5) is 9.66. The first kappa shape index (κ1) is 17.8. The predicted molar refractivity (Wildman–Crippen MR) is 91.4 cm³/mol. The van der Waals surface area contributed by atoms with Gasteiger partial charge in [0.2, 0.25) is 0 Å². The molecule has 0 spiro atoms. The lowest BCUT2D eigenvalue weighted by Gasteiger charge is -2.27. The fourth-order valence-electron chi connectivity index (χ4n) is 2.31. The topological polar surface area (TPSA) is 83.2 Å². The number of nitrogens with zero attached hydrogens (tertiary/aromatic N) is 5. The molecule has 25 heavy (non-hydrogen) atoms. The van der Waals surface area contributed by atoms with Gasteiger partial charge in [-0.25, -0.2) is 9.37 Å². The standard InChI is InChI=1S/C15H14Cl2FN5O2/c16-10-5-9(13(24)11(17)6-10)7-20-22-15-19-8-12(18)14(21-15)23-1-3-25-4-2-23/h5-6,8,24H,1-4,7H2. The van der Waals surface area contributed by atoms with Crippen LogP contribution in [0.15, 0.2) is 28.6 Å². The molecule has 0 amide bonds. The van der Waals surface area contributed by atoms with Gasteiger partial charge in [0.25, 0.3) is 5.95 Å². The number of ether oxygens (including phenoxy) is 1. The number of hydrogen-bond donors (Lipinski definition) is 1. The summed E-state index contributed by atoms with van der Waals surface area (Å²) in [7, 11) is 0. The van der Waals surface area contributed by atoms with Crippen LogP contribution >= 0.6 is 23.2 Å². The Hall–Kier alpha value is -2.03. The lowest BCUT2D eigenvalue weighted by molar-refractivity contribution is 0.122. The lowest BCUT2D eigenvalue weighted by atomic mass is 10.2. The van der Waals surface area contributed by atoms with Crippen LogP contribution in [0.1, 0.15) is 5.56 Å². The molecule has 1 fully saturated rings. The highest BCUT2D eigenvalue weighted by molar-refractivity contribution is 6.35. The van der Waals surface area contributed by atoms with Gasteiger partial charge in [-0.2, -0.15) is 10.1 Å². The highest BCUT2D eigenvalue weighted by Crippen LogP contribution is 2.31. The van der Waals surface area contributed by atoms with Gasteiger partial charge in [-0.3, -0.25) is 0 Å². The molecule has 0 saturated carbocycles. The first-order chi connectivity index (χ1) is 12.0. The molecule has 10 heteroatoms. The Balaban J connectivity index is 1.75. The van der Waals surface area contributed by atoms with E-state index in [1.54, 1.807) is 4.90 Å². The summed E-state index contributed by atoms with van der Waals surface area (Å²) in [6.07, 6.45) is 1.06. The van der Waals surface area contributed by atoms with Gasteiger partial charge < -0.3 is 14.7 Å². The van der Waals surface area contributed by atoms with E-state index in [9.17, 15) is 9.50 Å². The maximum Gasteiger partial charge on any atom is 0.270 e. The van der Waals surface area contributed by atoms with Gasteiger partial charge in [0.15, 0.2) is 11.6 Å². The number of anilines is 1. The zero-order valence-corrected chi connectivity index (χ0v) is 14.5. The number of benzene rings is 1. The van der Waals surface area contributed by atoms with Crippen molar-refractivity contribution in [3.8, 4) is 5.75 Å². The summed E-state index contributed by atoms with van der Waals surface area (Å²) in [6.45, 7) is 2.13. The van der Waals surface area contributed by atoms with Crippen molar-refractivity contribution in [3.63, 3.8) is 0 Å². The van der Waals surface area contributed by atoms with Gasteiger partial charge in [-0.15, -0.1) is 5.11 Å². The molecule has 0 aliphatic carbocycles. The molecule has 0 radical (unpaired) electrons. The Bertz CT molecular complexity index is 800. The zero-order valence-electron chi connectivity index (χ0n) is 13.0. The lowest BCUT2D eigenvalue weighted by Crippen LogP contribution is -2.37. The van der Waals surface area contributed by atoms with Crippen LogP contribution in [0.2, 0.25) is 10.0 Å². The number of phenolic OH excluding ortho intramolecular Hbond substituents is 1. The van der Waals surface area contributed by atoms with Crippen molar-refractivity contribution in [1.82, 2.24) is 9.97 Å². The second-order valence-corrected chi connectivity index (χ2v) is 6.08. The fraction of sp³-hybridized carbons (Fsp3) is 0.333. The second kappa shape index (κ2) is 7.90. The van der Waals surface area contributed by atoms with Crippen LogP contribution in [0.5, 0.6) is 5.75 Å². The van der Waals surface area contributed by atoms with E-state index in [1.165, 1.54) is 12.1 Å². The maximum absolute atomic E-state index is 13.9. The van der Waals surface area contributed by atoms with Gasteiger partial charge in [0, 0.05) is 23.7 Å². The van der Waals surface area contributed by atoms with E-state index in [-0.39, 0.29) is 29.1 Å². The summed E-state index contributed by atoms with van der Waals surface area (Å²) in [5.74, 6) is -0.449. The average molecular weight is 386 g/mol. The first-order valence-electron chi connectivity index (χ1n) is 7.44. The van der Waals surface area contributed by atoms with Gasteiger partial charge in [0.05, 0.1) is 31.0 Å². The molecule has 0 atom stereocenters. The van der Waals surface area contributed by atoms with Crippen LogP contribution in [0, 0.1) is 5.82 Å². The number of halogens is 3. The van der Waals surface area contributed by atoms with Gasteiger partial charge in [-0.1, -0.05) is 23.2 Å². The summed E-state index contributed by atoms with van der Waals surface area (Å²) in [5.41, 5.74) is 0.414. The Morgan fingerprint density at radius 3 is 2.80 bits per heavy atom. The highest BCUT2D eigenvalue weighted by atomic mass is 35.5. The van der Waals surface area contributed by atoms with Crippen molar-refractivity contribution < 1.29 is 14.2 Å².